The monoisotopic (exact) mass is 475 g/mol. The molecule has 1 heterocycles. The Morgan fingerprint density at radius 3 is 2.06 bits per heavy atom. The molecule has 0 saturated heterocycles. The molecule has 1 amide bonds. The van der Waals surface area contributed by atoms with Crippen LogP contribution in [0.5, 0.6) is 0 Å². The minimum atomic E-state index is 0.00420. The average molecular weight is 476 g/mol. The van der Waals surface area contributed by atoms with E-state index in [-0.39, 0.29) is 11.7 Å². The molecule has 6 heteroatoms. The Morgan fingerprint density at radius 1 is 0.939 bits per heavy atom. The Morgan fingerprint density at radius 2 is 1.52 bits per heavy atom. The van der Waals surface area contributed by atoms with Gasteiger partial charge in [0.05, 0.1) is 17.6 Å². The van der Waals surface area contributed by atoms with Crippen molar-refractivity contribution in [3.05, 3.63) is 96.1 Å². The number of imidazole rings is 1. The van der Waals surface area contributed by atoms with Crippen LogP contribution in [-0.4, -0.2) is 21.2 Å². The second kappa shape index (κ2) is 10.7. The van der Waals surface area contributed by atoms with Gasteiger partial charge in [0, 0.05) is 22.9 Å². The quantitative estimate of drug-likeness (QED) is 0.250. The van der Waals surface area contributed by atoms with E-state index in [1.54, 1.807) is 4.90 Å². The first-order chi connectivity index (χ1) is 16.0. The summed E-state index contributed by atoms with van der Waals surface area (Å²) >= 11 is 7.54. The molecule has 0 aliphatic rings. The molecule has 0 aliphatic carbocycles. The minimum absolute atomic E-state index is 0.00420. The van der Waals surface area contributed by atoms with E-state index in [1.807, 2.05) is 91.1 Å². The van der Waals surface area contributed by atoms with Gasteiger partial charge in [0.1, 0.15) is 0 Å². The van der Waals surface area contributed by atoms with Gasteiger partial charge in [-0.1, -0.05) is 85.7 Å². The van der Waals surface area contributed by atoms with Crippen LogP contribution < -0.4 is 4.90 Å². The highest BCUT2D eigenvalue weighted by Crippen LogP contribution is 2.30. The van der Waals surface area contributed by atoms with Gasteiger partial charge in [-0.3, -0.25) is 9.69 Å². The van der Waals surface area contributed by atoms with Gasteiger partial charge >= 0.3 is 0 Å². The molecule has 4 nitrogen and oxygen atoms in total. The normalized spacial score (nSPS) is 11.0. The van der Waals surface area contributed by atoms with Crippen LogP contribution in [0.3, 0.4) is 0 Å². The van der Waals surface area contributed by atoms with Gasteiger partial charge in [-0.25, -0.2) is 4.98 Å². The number of nitrogens with zero attached hydrogens (tertiary/aromatic N) is 3. The molecule has 3 aromatic carbocycles. The predicted octanol–water partition coefficient (Wildman–Crippen LogP) is 7.32. The van der Waals surface area contributed by atoms with Gasteiger partial charge in [-0.2, -0.15) is 0 Å². The second-order valence-electron chi connectivity index (χ2n) is 8.13. The number of carbonyl (C=O) groups excluding carboxylic acids is 1. The summed E-state index contributed by atoms with van der Waals surface area (Å²) in [4.78, 5) is 19.9. The van der Waals surface area contributed by atoms with E-state index in [9.17, 15) is 4.79 Å². The fraction of sp³-hybridized carbons (Fsp3) is 0.185. The van der Waals surface area contributed by atoms with E-state index < -0.39 is 0 Å². The van der Waals surface area contributed by atoms with Crippen LogP contribution in [0.4, 0.5) is 11.4 Å². The summed E-state index contributed by atoms with van der Waals surface area (Å²) in [5, 5.41) is 1.54. The molecule has 0 radical (unpaired) electrons. The Hall–Kier alpha value is -3.02. The lowest BCUT2D eigenvalue weighted by Crippen LogP contribution is -2.27. The van der Waals surface area contributed by atoms with Crippen LogP contribution >= 0.6 is 23.4 Å². The van der Waals surface area contributed by atoms with Crippen LogP contribution in [0.2, 0.25) is 5.02 Å². The van der Waals surface area contributed by atoms with Crippen molar-refractivity contribution in [1.82, 2.24) is 9.55 Å². The Bertz CT molecular complexity index is 1150. The van der Waals surface area contributed by atoms with E-state index in [2.05, 4.69) is 23.4 Å². The minimum Gasteiger partial charge on any atom is -0.319 e. The molecule has 0 spiro atoms. The maximum Gasteiger partial charge on any atom is 0.242 e. The summed E-state index contributed by atoms with van der Waals surface area (Å²) in [6, 6.07) is 27.3. The largest absolute Gasteiger partial charge is 0.319 e. The molecule has 0 N–H and O–H groups in total. The van der Waals surface area contributed by atoms with Gasteiger partial charge in [0.25, 0.3) is 0 Å². The first-order valence-electron chi connectivity index (χ1n) is 10.9. The number of anilines is 2. The second-order valence-corrected chi connectivity index (χ2v) is 9.51. The molecule has 0 atom stereocenters. The van der Waals surface area contributed by atoms with Crippen LogP contribution in [0.25, 0.3) is 11.3 Å². The summed E-state index contributed by atoms with van der Waals surface area (Å²) in [7, 11) is 0. The topological polar surface area (TPSA) is 38.1 Å². The van der Waals surface area contributed by atoms with Crippen molar-refractivity contribution in [1.29, 1.82) is 0 Å². The predicted molar refractivity (Wildman–Crippen MR) is 138 cm³/mol. The van der Waals surface area contributed by atoms with Gasteiger partial charge in [0.2, 0.25) is 5.91 Å². The zero-order valence-electron chi connectivity index (χ0n) is 18.7. The molecule has 33 heavy (non-hydrogen) atoms. The van der Waals surface area contributed by atoms with Crippen LogP contribution in [0, 0.1) is 5.92 Å². The van der Waals surface area contributed by atoms with Crippen LogP contribution in [-0.2, 0) is 11.3 Å². The molecule has 168 valence electrons. The average Bonchev–Trinajstić information content (AvgIpc) is 3.21. The van der Waals surface area contributed by atoms with Gasteiger partial charge in [-0.05, 0) is 47.9 Å². The van der Waals surface area contributed by atoms with Crippen molar-refractivity contribution in [2.75, 3.05) is 10.7 Å². The molecule has 0 fully saturated rings. The number of amides is 1. The highest BCUT2D eigenvalue weighted by molar-refractivity contribution is 7.99. The summed E-state index contributed by atoms with van der Waals surface area (Å²) in [6.45, 7) is 5.17. The standard InChI is InChI=1S/C27H26ClN3OS/c1-20(2)18-30-25(21-13-15-22(28)16-14-21)17-29-27(30)33-19-26(32)31(23-9-5-3-6-10-23)24-11-7-4-8-12-24/h3-17,20H,18-19H2,1-2H3. The third-order valence-corrected chi connectivity index (χ3v) is 6.34. The third kappa shape index (κ3) is 5.67. The number of halogens is 1. The summed E-state index contributed by atoms with van der Waals surface area (Å²) < 4.78 is 2.20. The van der Waals surface area contributed by atoms with E-state index in [0.29, 0.717) is 10.9 Å². The fourth-order valence-corrected chi connectivity index (χ4v) is 4.61. The van der Waals surface area contributed by atoms with Gasteiger partial charge < -0.3 is 4.57 Å². The number of benzene rings is 3. The van der Waals surface area contributed by atoms with Crippen molar-refractivity contribution in [2.45, 2.75) is 25.5 Å². The molecular weight excluding hydrogens is 450 g/mol. The molecule has 0 saturated carbocycles. The summed E-state index contributed by atoms with van der Waals surface area (Å²) in [5.74, 6) is 0.717. The van der Waals surface area contributed by atoms with Crippen molar-refractivity contribution in [3.63, 3.8) is 0 Å². The van der Waals surface area contributed by atoms with Crippen molar-refractivity contribution in [3.8, 4) is 11.3 Å². The van der Waals surface area contributed by atoms with Gasteiger partial charge in [-0.15, -0.1) is 0 Å². The fourth-order valence-electron chi connectivity index (χ4n) is 3.65. The number of carbonyl (C=O) groups is 1. The maximum atomic E-state index is 13.4. The van der Waals surface area contributed by atoms with Crippen molar-refractivity contribution < 1.29 is 4.79 Å². The third-order valence-electron chi connectivity index (χ3n) is 5.11. The lowest BCUT2D eigenvalue weighted by atomic mass is 10.1. The van der Waals surface area contributed by atoms with Crippen LogP contribution in [0.1, 0.15) is 13.8 Å². The van der Waals surface area contributed by atoms with Crippen molar-refractivity contribution >= 4 is 40.6 Å². The van der Waals surface area contributed by atoms with E-state index in [1.165, 1.54) is 11.8 Å². The number of para-hydroxylation sites is 2. The van der Waals surface area contributed by atoms with E-state index >= 15 is 0 Å². The zero-order valence-corrected chi connectivity index (χ0v) is 20.3. The van der Waals surface area contributed by atoms with Gasteiger partial charge in [0.15, 0.2) is 5.16 Å². The lowest BCUT2D eigenvalue weighted by Gasteiger charge is -2.23. The molecular formula is C27H26ClN3OS. The Labute approximate surface area is 204 Å². The molecule has 0 bridgehead atoms. The number of thioether (sulfide) groups is 1. The molecule has 1 aromatic heterocycles. The van der Waals surface area contributed by atoms with Crippen LogP contribution in [0.15, 0.2) is 96.3 Å². The molecule has 4 aromatic rings. The Balaban J connectivity index is 1.59. The number of hydrogen-bond donors (Lipinski definition) is 0. The molecule has 0 aliphatic heterocycles. The molecule has 0 unspecified atom stereocenters. The number of rotatable bonds is 8. The summed E-state index contributed by atoms with van der Waals surface area (Å²) in [6.07, 6.45) is 1.88. The zero-order chi connectivity index (χ0) is 23.2. The number of hydrogen-bond acceptors (Lipinski definition) is 3. The van der Waals surface area contributed by atoms with Crippen molar-refractivity contribution in [2.24, 2.45) is 5.92 Å². The maximum absolute atomic E-state index is 13.4. The summed E-state index contributed by atoms with van der Waals surface area (Å²) in [5.41, 5.74) is 3.78. The number of aromatic nitrogens is 2. The Kier molecular flexibility index (Phi) is 7.53. The lowest BCUT2D eigenvalue weighted by molar-refractivity contribution is -0.115. The SMILES string of the molecule is CC(C)Cn1c(-c2ccc(Cl)cc2)cnc1SCC(=O)N(c1ccccc1)c1ccccc1. The highest BCUT2D eigenvalue weighted by atomic mass is 35.5. The first-order valence-corrected chi connectivity index (χ1v) is 12.3. The molecule has 4 rings (SSSR count). The smallest absolute Gasteiger partial charge is 0.242 e. The van der Waals surface area contributed by atoms with E-state index in [0.717, 1.165) is 34.3 Å². The highest BCUT2D eigenvalue weighted by Gasteiger charge is 2.20. The first kappa shape index (κ1) is 23.1. The van der Waals surface area contributed by atoms with E-state index in [4.69, 9.17) is 11.6 Å².